The lowest BCUT2D eigenvalue weighted by Gasteiger charge is -2.30. The molecule has 0 atom stereocenters. The van der Waals surface area contributed by atoms with Gasteiger partial charge in [-0.05, 0) is 48.8 Å². The standard InChI is InChI=1S/C18H26N2O3/c1-3-13-5-6-15(4-2)16(11-13)19-17(22)18(23)20-9-7-14(12-21)8-10-20/h5-6,11,14,21H,3-4,7-10,12H2,1-2H3,(H,19,22). The molecule has 0 saturated carbocycles. The van der Waals surface area contributed by atoms with Gasteiger partial charge < -0.3 is 15.3 Å². The van der Waals surface area contributed by atoms with E-state index in [9.17, 15) is 9.59 Å². The second-order valence-electron chi connectivity index (χ2n) is 6.07. The molecule has 2 amide bonds. The van der Waals surface area contributed by atoms with Crippen molar-refractivity contribution in [3.05, 3.63) is 29.3 Å². The molecule has 0 aromatic heterocycles. The lowest BCUT2D eigenvalue weighted by atomic mass is 9.98. The van der Waals surface area contributed by atoms with Crippen molar-refractivity contribution in [1.29, 1.82) is 0 Å². The van der Waals surface area contributed by atoms with Gasteiger partial charge in [-0.1, -0.05) is 26.0 Å². The number of nitrogens with zero attached hydrogens (tertiary/aromatic N) is 1. The van der Waals surface area contributed by atoms with Gasteiger partial charge in [0.1, 0.15) is 0 Å². The molecule has 0 aliphatic carbocycles. The molecule has 1 aromatic carbocycles. The number of piperidine rings is 1. The highest BCUT2D eigenvalue weighted by molar-refractivity contribution is 6.39. The van der Waals surface area contributed by atoms with Crippen LogP contribution in [0.5, 0.6) is 0 Å². The first kappa shape index (κ1) is 17.5. The van der Waals surface area contributed by atoms with Gasteiger partial charge in [0.2, 0.25) is 0 Å². The molecule has 1 heterocycles. The van der Waals surface area contributed by atoms with E-state index >= 15 is 0 Å². The van der Waals surface area contributed by atoms with Crippen molar-refractivity contribution >= 4 is 17.5 Å². The Morgan fingerprint density at radius 1 is 1.22 bits per heavy atom. The summed E-state index contributed by atoms with van der Waals surface area (Å²) in [7, 11) is 0. The highest BCUT2D eigenvalue weighted by Gasteiger charge is 2.27. The van der Waals surface area contributed by atoms with Crippen LogP contribution in [-0.4, -0.2) is 41.5 Å². The number of rotatable bonds is 4. The van der Waals surface area contributed by atoms with E-state index in [2.05, 4.69) is 18.3 Å². The Morgan fingerprint density at radius 3 is 2.48 bits per heavy atom. The normalized spacial score (nSPS) is 15.5. The fourth-order valence-corrected chi connectivity index (χ4v) is 2.91. The van der Waals surface area contributed by atoms with Crippen LogP contribution in [0.3, 0.4) is 0 Å². The number of benzene rings is 1. The fraction of sp³-hybridized carbons (Fsp3) is 0.556. The Hall–Kier alpha value is -1.88. The van der Waals surface area contributed by atoms with Gasteiger partial charge in [0, 0.05) is 25.4 Å². The summed E-state index contributed by atoms with van der Waals surface area (Å²) in [6, 6.07) is 6.00. The Labute approximate surface area is 137 Å². The number of carbonyl (C=O) groups is 2. The maximum Gasteiger partial charge on any atom is 0.313 e. The van der Waals surface area contributed by atoms with Crippen LogP contribution >= 0.6 is 0 Å². The molecule has 1 aliphatic rings. The first-order chi connectivity index (χ1) is 11.1. The summed E-state index contributed by atoms with van der Waals surface area (Å²) in [6.07, 6.45) is 3.19. The first-order valence-corrected chi connectivity index (χ1v) is 8.41. The predicted molar refractivity (Wildman–Crippen MR) is 90.2 cm³/mol. The summed E-state index contributed by atoms with van der Waals surface area (Å²) in [5.74, 6) is -0.809. The topological polar surface area (TPSA) is 69.6 Å². The van der Waals surface area contributed by atoms with E-state index < -0.39 is 11.8 Å². The molecule has 1 aromatic rings. The van der Waals surface area contributed by atoms with Gasteiger partial charge in [0.25, 0.3) is 0 Å². The second kappa shape index (κ2) is 8.11. The zero-order valence-corrected chi connectivity index (χ0v) is 14.0. The molecule has 2 rings (SSSR count). The zero-order valence-electron chi connectivity index (χ0n) is 14.0. The number of hydrogen-bond donors (Lipinski definition) is 2. The number of anilines is 1. The van der Waals surface area contributed by atoms with Gasteiger partial charge in [-0.25, -0.2) is 0 Å². The van der Waals surface area contributed by atoms with Crippen molar-refractivity contribution in [2.24, 2.45) is 5.92 Å². The SMILES string of the molecule is CCc1ccc(CC)c(NC(=O)C(=O)N2CCC(CO)CC2)c1. The quantitative estimate of drug-likeness (QED) is 0.834. The zero-order chi connectivity index (χ0) is 16.8. The minimum atomic E-state index is -0.574. The summed E-state index contributed by atoms with van der Waals surface area (Å²) in [5, 5.41) is 11.9. The van der Waals surface area contributed by atoms with E-state index in [-0.39, 0.29) is 12.5 Å². The smallest absolute Gasteiger partial charge is 0.313 e. The molecule has 2 N–H and O–H groups in total. The number of likely N-dealkylation sites (tertiary alicyclic amines) is 1. The van der Waals surface area contributed by atoms with Gasteiger partial charge in [-0.3, -0.25) is 9.59 Å². The third-order valence-corrected chi connectivity index (χ3v) is 4.57. The van der Waals surface area contributed by atoms with Gasteiger partial charge in [-0.15, -0.1) is 0 Å². The summed E-state index contributed by atoms with van der Waals surface area (Å²) in [6.45, 7) is 5.30. The molecular formula is C18H26N2O3. The van der Waals surface area contributed by atoms with Crippen LogP contribution in [0.2, 0.25) is 0 Å². The second-order valence-corrected chi connectivity index (χ2v) is 6.07. The monoisotopic (exact) mass is 318 g/mol. The van der Waals surface area contributed by atoms with Crippen molar-refractivity contribution in [1.82, 2.24) is 4.90 Å². The third kappa shape index (κ3) is 4.32. The van der Waals surface area contributed by atoms with Crippen molar-refractivity contribution in [3.63, 3.8) is 0 Å². The summed E-state index contributed by atoms with van der Waals surface area (Å²) in [5.41, 5.74) is 2.89. The third-order valence-electron chi connectivity index (χ3n) is 4.57. The van der Waals surface area contributed by atoms with Crippen LogP contribution in [0, 0.1) is 5.92 Å². The highest BCUT2D eigenvalue weighted by atomic mass is 16.3. The van der Waals surface area contributed by atoms with E-state index in [0.717, 1.165) is 42.5 Å². The van der Waals surface area contributed by atoms with Gasteiger partial charge in [0.05, 0.1) is 0 Å². The molecule has 5 heteroatoms. The molecule has 0 spiro atoms. The maximum atomic E-state index is 12.3. The molecule has 1 fully saturated rings. The largest absolute Gasteiger partial charge is 0.396 e. The van der Waals surface area contributed by atoms with E-state index in [0.29, 0.717) is 13.1 Å². The van der Waals surface area contributed by atoms with Crippen molar-refractivity contribution in [3.8, 4) is 0 Å². The minimum absolute atomic E-state index is 0.151. The predicted octanol–water partition coefficient (Wildman–Crippen LogP) is 1.98. The Bertz CT molecular complexity index is 563. The van der Waals surface area contributed by atoms with Gasteiger partial charge in [0.15, 0.2) is 0 Å². The van der Waals surface area contributed by atoms with E-state index in [1.54, 1.807) is 4.90 Å². The lowest BCUT2D eigenvalue weighted by Crippen LogP contribution is -2.44. The van der Waals surface area contributed by atoms with E-state index in [1.165, 1.54) is 0 Å². The molecule has 0 radical (unpaired) electrons. The number of hydrogen-bond acceptors (Lipinski definition) is 3. The van der Waals surface area contributed by atoms with Gasteiger partial charge in [-0.2, -0.15) is 0 Å². The lowest BCUT2D eigenvalue weighted by molar-refractivity contribution is -0.144. The van der Waals surface area contributed by atoms with E-state index in [4.69, 9.17) is 5.11 Å². The molecular weight excluding hydrogens is 292 g/mol. The van der Waals surface area contributed by atoms with Crippen LogP contribution in [0.15, 0.2) is 18.2 Å². The first-order valence-electron chi connectivity index (χ1n) is 8.41. The van der Waals surface area contributed by atoms with Crippen LogP contribution in [0.25, 0.3) is 0 Å². The number of nitrogens with one attached hydrogen (secondary N) is 1. The van der Waals surface area contributed by atoms with Gasteiger partial charge >= 0.3 is 11.8 Å². The number of aliphatic hydroxyl groups excluding tert-OH is 1. The minimum Gasteiger partial charge on any atom is -0.396 e. The van der Waals surface area contributed by atoms with Crippen LogP contribution in [-0.2, 0) is 22.4 Å². The van der Waals surface area contributed by atoms with Crippen LogP contribution < -0.4 is 5.32 Å². The Balaban J connectivity index is 2.02. The maximum absolute atomic E-state index is 12.3. The number of aliphatic hydroxyl groups is 1. The average molecular weight is 318 g/mol. The average Bonchev–Trinajstić information content (AvgIpc) is 2.61. The van der Waals surface area contributed by atoms with Crippen molar-refractivity contribution in [2.45, 2.75) is 39.5 Å². The van der Waals surface area contributed by atoms with Crippen LogP contribution in [0.4, 0.5) is 5.69 Å². The molecule has 1 saturated heterocycles. The summed E-state index contributed by atoms with van der Waals surface area (Å²) >= 11 is 0. The number of carbonyl (C=O) groups excluding carboxylic acids is 2. The Morgan fingerprint density at radius 2 is 1.91 bits per heavy atom. The number of amides is 2. The summed E-state index contributed by atoms with van der Waals surface area (Å²) in [4.78, 5) is 26.2. The van der Waals surface area contributed by atoms with Crippen molar-refractivity contribution < 1.29 is 14.7 Å². The Kier molecular flexibility index (Phi) is 6.16. The summed E-state index contributed by atoms with van der Waals surface area (Å²) < 4.78 is 0. The fourth-order valence-electron chi connectivity index (χ4n) is 2.91. The van der Waals surface area contributed by atoms with Crippen LogP contribution in [0.1, 0.15) is 37.8 Å². The molecule has 5 nitrogen and oxygen atoms in total. The molecule has 1 aliphatic heterocycles. The highest BCUT2D eigenvalue weighted by Crippen LogP contribution is 2.20. The molecule has 23 heavy (non-hydrogen) atoms. The molecule has 0 unspecified atom stereocenters. The number of aryl methyl sites for hydroxylation is 2. The van der Waals surface area contributed by atoms with E-state index in [1.807, 2.05) is 19.1 Å². The molecule has 126 valence electrons. The molecule has 0 bridgehead atoms. The van der Waals surface area contributed by atoms with Crippen molar-refractivity contribution in [2.75, 3.05) is 25.0 Å².